The van der Waals surface area contributed by atoms with Crippen LogP contribution in [0.1, 0.15) is 12.8 Å². The van der Waals surface area contributed by atoms with Crippen LogP contribution in [0.5, 0.6) is 0 Å². The van der Waals surface area contributed by atoms with Crippen molar-refractivity contribution in [2.24, 2.45) is 11.5 Å². The van der Waals surface area contributed by atoms with Crippen molar-refractivity contribution in [3.8, 4) is 0 Å². The maximum absolute atomic E-state index is 10.0. The van der Waals surface area contributed by atoms with Gasteiger partial charge >= 0.3 is 5.97 Å². The van der Waals surface area contributed by atoms with E-state index in [1.54, 1.807) is 0 Å². The molecule has 0 radical (unpaired) electrons. The van der Waals surface area contributed by atoms with Crippen molar-refractivity contribution in [2.75, 3.05) is 6.54 Å². The molecule has 0 amide bonds. The summed E-state index contributed by atoms with van der Waals surface area (Å²) in [5.41, 5.74) is 10.3. The van der Waals surface area contributed by atoms with Gasteiger partial charge in [-0.1, -0.05) is 0 Å². The second-order valence-electron chi connectivity index (χ2n) is 2.35. The Labute approximate surface area is 94.6 Å². The normalized spacial score (nSPS) is 9.76. The minimum Gasteiger partial charge on any atom is -0.480 e. The second kappa shape index (κ2) is 13.8. The number of carboxylic acids is 1. The molecule has 0 spiro atoms. The lowest BCUT2D eigenvalue weighted by molar-refractivity contribution is -0.742. The third-order valence-electron chi connectivity index (χ3n) is 1.04. The maximum Gasteiger partial charge on any atom is 0.320 e. The molecule has 1 unspecified atom stereocenters. The Hall–Kier alpha value is -2.21. The average Bonchev–Trinajstić information content (AvgIpc) is 2.12. The number of carbonyl (C=O) groups is 1. The predicted molar refractivity (Wildman–Crippen MR) is 51.5 cm³/mol. The van der Waals surface area contributed by atoms with Gasteiger partial charge in [-0.2, -0.15) is 0 Å². The lowest BCUT2D eigenvalue weighted by atomic mass is 10.2. The predicted octanol–water partition coefficient (Wildman–Crippen LogP) is -1.56. The summed E-state index contributed by atoms with van der Waals surface area (Å²) in [6, 6.07) is -0.742. The van der Waals surface area contributed by atoms with E-state index in [-0.39, 0.29) is 0 Å². The van der Waals surface area contributed by atoms with Gasteiger partial charge in [-0.15, -0.1) is 20.2 Å². The molecular weight excluding hydrogens is 244 g/mol. The highest BCUT2D eigenvalue weighted by molar-refractivity contribution is 5.72. The molecule has 0 fully saturated rings. The van der Waals surface area contributed by atoms with E-state index in [1.807, 2.05) is 0 Å². The van der Waals surface area contributed by atoms with Gasteiger partial charge in [-0.3, -0.25) is 4.79 Å². The molecule has 0 aromatic rings. The van der Waals surface area contributed by atoms with Crippen LogP contribution in [0.4, 0.5) is 0 Å². The summed E-state index contributed by atoms with van der Waals surface area (Å²) in [7, 11) is 0. The Bertz CT molecular complexity index is 214. The lowest BCUT2D eigenvalue weighted by Gasteiger charge is -2.02. The molecule has 1 atom stereocenters. The van der Waals surface area contributed by atoms with Crippen molar-refractivity contribution < 1.29 is 30.5 Å². The Morgan fingerprint density at radius 3 is 1.71 bits per heavy atom. The molecule has 17 heavy (non-hydrogen) atoms. The number of hydrogen-bond acceptors (Lipinski definition) is 7. The molecule has 0 aliphatic heterocycles. The zero-order valence-corrected chi connectivity index (χ0v) is 8.63. The van der Waals surface area contributed by atoms with Crippen LogP contribution in [-0.2, 0) is 4.79 Å². The van der Waals surface area contributed by atoms with Gasteiger partial charge in [0.05, 0.1) is 0 Å². The van der Waals surface area contributed by atoms with Gasteiger partial charge in [0, 0.05) is 0 Å². The number of rotatable bonds is 4. The monoisotopic (exact) mass is 258 g/mol. The molecule has 0 saturated heterocycles. The molecular formula is C5H14N4O8. The van der Waals surface area contributed by atoms with Crippen LogP contribution in [0.25, 0.3) is 0 Å². The van der Waals surface area contributed by atoms with Gasteiger partial charge in [0.2, 0.25) is 0 Å². The van der Waals surface area contributed by atoms with Crippen LogP contribution >= 0.6 is 0 Å². The van der Waals surface area contributed by atoms with Crippen LogP contribution in [0.3, 0.4) is 0 Å². The van der Waals surface area contributed by atoms with Crippen LogP contribution in [0.15, 0.2) is 0 Å². The largest absolute Gasteiger partial charge is 0.480 e. The molecule has 0 rings (SSSR count). The summed E-state index contributed by atoms with van der Waals surface area (Å²) >= 11 is 0. The highest BCUT2D eigenvalue weighted by Gasteiger charge is 2.08. The Kier molecular flexibility index (Phi) is 16.4. The summed E-state index contributed by atoms with van der Waals surface area (Å²) in [6.07, 6.45) is 1.14. The van der Waals surface area contributed by atoms with Gasteiger partial charge < -0.3 is 27.0 Å². The number of nitrogens with two attached hydrogens (primary N) is 2. The van der Waals surface area contributed by atoms with E-state index in [2.05, 4.69) is 0 Å². The SMILES string of the molecule is NCCCC(N)C(=O)O.O=[N+]([O-])O.O=[N+]([O-])O. The first kappa shape index (κ1) is 20.2. The van der Waals surface area contributed by atoms with E-state index in [1.165, 1.54) is 0 Å². The van der Waals surface area contributed by atoms with Crippen LogP contribution in [0, 0.1) is 20.2 Å². The minimum absolute atomic E-state index is 0.464. The third kappa shape index (κ3) is 57.2. The van der Waals surface area contributed by atoms with Gasteiger partial charge in [0.25, 0.3) is 10.2 Å². The summed E-state index contributed by atoms with van der Waals surface area (Å²) < 4.78 is 0. The summed E-state index contributed by atoms with van der Waals surface area (Å²) in [6.45, 7) is 0.501. The fourth-order valence-electron chi connectivity index (χ4n) is 0.461. The number of hydrogen-bond donors (Lipinski definition) is 5. The summed E-state index contributed by atoms with van der Waals surface area (Å²) in [5.74, 6) is -0.955. The second-order valence-corrected chi connectivity index (χ2v) is 2.35. The Balaban J connectivity index is -0.000000205. The maximum atomic E-state index is 10.0. The van der Waals surface area contributed by atoms with E-state index < -0.39 is 22.2 Å². The first-order valence-corrected chi connectivity index (χ1v) is 4.00. The van der Waals surface area contributed by atoms with Crippen LogP contribution in [-0.4, -0.2) is 44.3 Å². The van der Waals surface area contributed by atoms with E-state index in [9.17, 15) is 4.79 Å². The minimum atomic E-state index is -1.50. The van der Waals surface area contributed by atoms with Gasteiger partial charge in [-0.05, 0) is 19.4 Å². The number of carboxylic acid groups (broad SMARTS) is 1. The van der Waals surface area contributed by atoms with E-state index >= 15 is 0 Å². The molecule has 0 aliphatic carbocycles. The smallest absolute Gasteiger partial charge is 0.320 e. The molecule has 0 aliphatic rings. The van der Waals surface area contributed by atoms with Crippen molar-refractivity contribution in [1.82, 2.24) is 0 Å². The molecule has 0 aromatic carbocycles. The van der Waals surface area contributed by atoms with Crippen molar-refractivity contribution >= 4 is 5.97 Å². The Morgan fingerprint density at radius 2 is 1.53 bits per heavy atom. The summed E-state index contributed by atoms with van der Waals surface area (Å²) in [5, 5.41) is 35.5. The topological polar surface area (TPSA) is 216 Å². The first-order chi connectivity index (χ1) is 7.64. The van der Waals surface area contributed by atoms with Gasteiger partial charge in [-0.25, -0.2) is 0 Å². The lowest BCUT2D eigenvalue weighted by Crippen LogP contribution is -2.30. The van der Waals surface area contributed by atoms with Crippen LogP contribution in [0.2, 0.25) is 0 Å². The molecule has 102 valence electrons. The van der Waals surface area contributed by atoms with Crippen molar-refractivity contribution in [3.63, 3.8) is 0 Å². The van der Waals surface area contributed by atoms with Crippen molar-refractivity contribution in [1.29, 1.82) is 0 Å². The first-order valence-electron chi connectivity index (χ1n) is 4.00. The highest BCUT2D eigenvalue weighted by atomic mass is 16.9. The molecule has 0 aromatic heterocycles. The summed E-state index contributed by atoms with van der Waals surface area (Å²) in [4.78, 5) is 26.8. The van der Waals surface area contributed by atoms with E-state index in [0.29, 0.717) is 19.4 Å². The zero-order valence-electron chi connectivity index (χ0n) is 8.63. The molecule has 7 N–H and O–H groups in total. The average molecular weight is 258 g/mol. The standard InChI is InChI=1S/C5H12N2O2.2HNO3/c6-3-1-2-4(7)5(8)9;2*2-1(3)4/h4H,1-3,6-7H2,(H,8,9);2*(H,2,3,4). The van der Waals surface area contributed by atoms with Gasteiger partial charge in [0.1, 0.15) is 6.04 Å². The third-order valence-corrected chi connectivity index (χ3v) is 1.04. The number of nitrogens with zero attached hydrogens (tertiary/aromatic N) is 2. The molecule has 0 heterocycles. The van der Waals surface area contributed by atoms with Gasteiger partial charge in [0.15, 0.2) is 0 Å². The Morgan fingerprint density at radius 1 is 1.24 bits per heavy atom. The van der Waals surface area contributed by atoms with Crippen molar-refractivity contribution in [3.05, 3.63) is 20.2 Å². The zero-order chi connectivity index (χ0) is 14.4. The fraction of sp³-hybridized carbons (Fsp3) is 0.800. The van der Waals surface area contributed by atoms with E-state index in [0.717, 1.165) is 0 Å². The molecule has 0 bridgehead atoms. The van der Waals surface area contributed by atoms with E-state index in [4.69, 9.17) is 47.2 Å². The fourth-order valence-corrected chi connectivity index (χ4v) is 0.461. The molecule has 12 nitrogen and oxygen atoms in total. The van der Waals surface area contributed by atoms with Crippen molar-refractivity contribution in [2.45, 2.75) is 18.9 Å². The molecule has 0 saturated carbocycles. The highest BCUT2D eigenvalue weighted by Crippen LogP contribution is 1.91. The van der Waals surface area contributed by atoms with Crippen LogP contribution < -0.4 is 11.5 Å². The molecule has 12 heteroatoms. The quantitative estimate of drug-likeness (QED) is 0.288. The number of aliphatic carboxylic acids is 1.